The van der Waals surface area contributed by atoms with Crippen molar-refractivity contribution in [3.8, 4) is 5.75 Å². The average molecular weight is 364 g/mol. The maximum Gasteiger partial charge on any atom is 0.125 e. The lowest BCUT2D eigenvalue weighted by molar-refractivity contribution is 0.353. The van der Waals surface area contributed by atoms with Crippen LogP contribution in [0.25, 0.3) is 0 Å². The third kappa shape index (κ3) is 3.82. The molecule has 0 aromatic heterocycles. The number of rotatable bonds is 5. The molecule has 2 N–H and O–H groups in total. The van der Waals surface area contributed by atoms with Gasteiger partial charge in [0.2, 0.25) is 0 Å². The predicted molar refractivity (Wildman–Crippen MR) is 92.2 cm³/mol. The first-order valence-corrected chi connectivity index (χ1v) is 8.88. The Morgan fingerprint density at radius 3 is 2.86 bits per heavy atom. The molecule has 4 heteroatoms. The Morgan fingerprint density at radius 2 is 2.05 bits per heavy atom. The SMILES string of the molecule is NC(CSc1ccccc1)Cc1cc(Br)cc2c1OCC2. The normalized spacial score (nSPS) is 14.6. The van der Waals surface area contributed by atoms with E-state index in [1.54, 1.807) is 0 Å². The summed E-state index contributed by atoms with van der Waals surface area (Å²) in [5.41, 5.74) is 8.82. The number of hydrogen-bond acceptors (Lipinski definition) is 3. The maximum absolute atomic E-state index is 6.31. The molecule has 0 bridgehead atoms. The number of ether oxygens (including phenoxy) is 1. The van der Waals surface area contributed by atoms with Crippen LogP contribution < -0.4 is 10.5 Å². The van der Waals surface area contributed by atoms with Crippen LogP contribution in [0, 0.1) is 0 Å². The zero-order valence-corrected chi connectivity index (χ0v) is 14.1. The van der Waals surface area contributed by atoms with E-state index in [-0.39, 0.29) is 6.04 Å². The second-order valence-electron chi connectivity index (χ2n) is 5.24. The lowest BCUT2D eigenvalue weighted by Crippen LogP contribution is -2.25. The van der Waals surface area contributed by atoms with Crippen LogP contribution in [0.1, 0.15) is 11.1 Å². The summed E-state index contributed by atoms with van der Waals surface area (Å²) in [4.78, 5) is 1.27. The van der Waals surface area contributed by atoms with Crippen molar-refractivity contribution >= 4 is 27.7 Å². The lowest BCUT2D eigenvalue weighted by Gasteiger charge is -2.14. The predicted octanol–water partition coefficient (Wildman–Crippen LogP) is 4.05. The van der Waals surface area contributed by atoms with Crippen LogP contribution in [0.15, 0.2) is 51.8 Å². The minimum absolute atomic E-state index is 0.123. The molecule has 0 aliphatic carbocycles. The second-order valence-corrected chi connectivity index (χ2v) is 7.25. The van der Waals surface area contributed by atoms with Crippen LogP contribution in [0.2, 0.25) is 0 Å². The van der Waals surface area contributed by atoms with Crippen LogP contribution in [0.4, 0.5) is 0 Å². The van der Waals surface area contributed by atoms with E-state index in [0.717, 1.165) is 35.4 Å². The smallest absolute Gasteiger partial charge is 0.125 e. The van der Waals surface area contributed by atoms with Crippen molar-refractivity contribution < 1.29 is 4.74 Å². The number of thioether (sulfide) groups is 1. The van der Waals surface area contributed by atoms with E-state index in [2.05, 4.69) is 52.3 Å². The van der Waals surface area contributed by atoms with Gasteiger partial charge >= 0.3 is 0 Å². The summed E-state index contributed by atoms with van der Waals surface area (Å²) >= 11 is 5.39. The molecule has 0 amide bonds. The number of nitrogens with two attached hydrogens (primary N) is 1. The fourth-order valence-corrected chi connectivity index (χ4v) is 3.99. The minimum atomic E-state index is 0.123. The molecular weight excluding hydrogens is 346 g/mol. The van der Waals surface area contributed by atoms with Crippen molar-refractivity contribution in [3.63, 3.8) is 0 Å². The van der Waals surface area contributed by atoms with Crippen molar-refractivity contribution in [1.82, 2.24) is 0 Å². The number of fused-ring (bicyclic) bond motifs is 1. The molecule has 1 aliphatic heterocycles. The van der Waals surface area contributed by atoms with E-state index in [9.17, 15) is 0 Å². The molecule has 0 saturated heterocycles. The van der Waals surface area contributed by atoms with Gasteiger partial charge in [-0.3, -0.25) is 0 Å². The van der Waals surface area contributed by atoms with Crippen molar-refractivity contribution in [2.24, 2.45) is 5.73 Å². The monoisotopic (exact) mass is 363 g/mol. The number of halogens is 1. The van der Waals surface area contributed by atoms with Gasteiger partial charge in [0.25, 0.3) is 0 Å². The molecule has 2 aromatic carbocycles. The molecule has 0 fully saturated rings. The molecule has 1 heterocycles. The lowest BCUT2D eigenvalue weighted by atomic mass is 10.0. The first kappa shape index (κ1) is 14.9. The first-order valence-electron chi connectivity index (χ1n) is 7.10. The zero-order chi connectivity index (χ0) is 14.7. The highest BCUT2D eigenvalue weighted by Gasteiger charge is 2.19. The van der Waals surface area contributed by atoms with E-state index in [4.69, 9.17) is 10.5 Å². The van der Waals surface area contributed by atoms with Gasteiger partial charge in [-0.05, 0) is 41.8 Å². The first-order chi connectivity index (χ1) is 10.2. The van der Waals surface area contributed by atoms with E-state index >= 15 is 0 Å². The molecular formula is C17H18BrNOS. The summed E-state index contributed by atoms with van der Waals surface area (Å²) in [5, 5.41) is 0. The maximum atomic E-state index is 6.31. The van der Waals surface area contributed by atoms with Crippen LogP contribution in [-0.2, 0) is 12.8 Å². The summed E-state index contributed by atoms with van der Waals surface area (Å²) in [6.07, 6.45) is 1.84. The summed E-state index contributed by atoms with van der Waals surface area (Å²) in [7, 11) is 0. The molecule has 1 unspecified atom stereocenters. The van der Waals surface area contributed by atoms with Gasteiger partial charge in [-0.2, -0.15) is 0 Å². The molecule has 2 nitrogen and oxygen atoms in total. The molecule has 110 valence electrons. The van der Waals surface area contributed by atoms with Crippen molar-refractivity contribution in [1.29, 1.82) is 0 Å². The largest absolute Gasteiger partial charge is 0.493 e. The van der Waals surface area contributed by atoms with Gasteiger partial charge in [-0.15, -0.1) is 11.8 Å². The average Bonchev–Trinajstić information content (AvgIpc) is 2.94. The molecule has 0 saturated carbocycles. The van der Waals surface area contributed by atoms with Gasteiger partial charge in [0.05, 0.1) is 6.61 Å². The Morgan fingerprint density at radius 1 is 1.24 bits per heavy atom. The van der Waals surface area contributed by atoms with Gasteiger partial charge in [0.15, 0.2) is 0 Å². The minimum Gasteiger partial charge on any atom is -0.493 e. The molecule has 21 heavy (non-hydrogen) atoms. The van der Waals surface area contributed by atoms with Gasteiger partial charge < -0.3 is 10.5 Å². The second kappa shape index (κ2) is 6.86. The van der Waals surface area contributed by atoms with Crippen molar-refractivity contribution in [2.45, 2.75) is 23.8 Å². The van der Waals surface area contributed by atoms with Crippen LogP contribution in [-0.4, -0.2) is 18.4 Å². The summed E-state index contributed by atoms with van der Waals surface area (Å²) in [6.45, 7) is 0.785. The Bertz CT molecular complexity index is 618. The van der Waals surface area contributed by atoms with Gasteiger partial charge in [-0.25, -0.2) is 0 Å². The Balaban J connectivity index is 1.64. The quantitative estimate of drug-likeness (QED) is 0.813. The fraction of sp³-hybridized carbons (Fsp3) is 0.294. The van der Waals surface area contributed by atoms with E-state index in [1.807, 2.05) is 17.8 Å². The van der Waals surface area contributed by atoms with E-state index in [0.29, 0.717) is 0 Å². The number of hydrogen-bond donors (Lipinski definition) is 1. The molecule has 3 rings (SSSR count). The van der Waals surface area contributed by atoms with Gasteiger partial charge in [-0.1, -0.05) is 34.1 Å². The Labute approximate surface area is 138 Å². The van der Waals surface area contributed by atoms with Crippen molar-refractivity contribution in [2.75, 3.05) is 12.4 Å². The molecule has 2 aromatic rings. The van der Waals surface area contributed by atoms with E-state index in [1.165, 1.54) is 16.0 Å². The molecule has 1 aliphatic rings. The van der Waals surface area contributed by atoms with Gasteiger partial charge in [0.1, 0.15) is 5.75 Å². The van der Waals surface area contributed by atoms with E-state index < -0.39 is 0 Å². The highest BCUT2D eigenvalue weighted by atomic mass is 79.9. The molecule has 1 atom stereocenters. The summed E-state index contributed by atoms with van der Waals surface area (Å²) < 4.78 is 6.88. The molecule has 0 spiro atoms. The molecule has 0 radical (unpaired) electrons. The van der Waals surface area contributed by atoms with Gasteiger partial charge in [0, 0.05) is 27.6 Å². The Hall–Kier alpha value is -0.970. The fourth-order valence-electron chi connectivity index (χ4n) is 2.56. The number of benzene rings is 2. The highest BCUT2D eigenvalue weighted by Crippen LogP contribution is 2.34. The standard InChI is InChI=1S/C17H18BrNOS/c18-14-8-12-6-7-20-17(12)13(9-14)10-15(19)11-21-16-4-2-1-3-5-16/h1-5,8-9,15H,6-7,10-11,19H2. The van der Waals surface area contributed by atoms with Crippen molar-refractivity contribution in [3.05, 3.63) is 58.1 Å². The Kier molecular flexibility index (Phi) is 4.88. The highest BCUT2D eigenvalue weighted by molar-refractivity contribution is 9.10. The van der Waals surface area contributed by atoms with Crippen LogP contribution in [0.3, 0.4) is 0 Å². The van der Waals surface area contributed by atoms with Crippen LogP contribution >= 0.6 is 27.7 Å². The topological polar surface area (TPSA) is 35.2 Å². The van der Waals surface area contributed by atoms with Crippen LogP contribution in [0.5, 0.6) is 5.75 Å². The summed E-state index contributed by atoms with van der Waals surface area (Å²) in [6, 6.07) is 14.8. The summed E-state index contributed by atoms with van der Waals surface area (Å²) in [5.74, 6) is 1.96. The third-order valence-electron chi connectivity index (χ3n) is 3.51. The third-order valence-corrected chi connectivity index (χ3v) is 5.17. The zero-order valence-electron chi connectivity index (χ0n) is 11.7.